The molecule has 0 unspecified atom stereocenters. The first kappa shape index (κ1) is 31.7. The molecule has 0 aliphatic heterocycles. The molecule has 4 rings (SSSR count). The number of halogens is 2. The molecule has 1 aromatic carbocycles. The van der Waals surface area contributed by atoms with Crippen molar-refractivity contribution in [3.8, 4) is 11.5 Å². The molecule has 3 atom stereocenters. The lowest BCUT2D eigenvalue weighted by Crippen LogP contribution is -2.47. The minimum atomic E-state index is -0.996. The third kappa shape index (κ3) is 7.07. The maximum atomic E-state index is 15.0. The number of carbonyl (C=O) groups is 3. The SMILES string of the molecule is COc1cc(F)c(OC2CCC(CO)(C(=O)OI)CC2)cc1C(=O)N[C@@H]1C[C@@H](OC)C[C@@H]1C(=O)NCC1(C)CCC1. The number of rotatable bonds is 11. The lowest BCUT2D eigenvalue weighted by molar-refractivity contribution is -0.148. The molecule has 0 saturated heterocycles. The Kier molecular flexibility index (Phi) is 10.4. The van der Waals surface area contributed by atoms with E-state index in [-0.39, 0.29) is 41.1 Å². The van der Waals surface area contributed by atoms with E-state index in [1.165, 1.54) is 42.6 Å². The molecule has 228 valence electrons. The highest BCUT2D eigenvalue weighted by Crippen LogP contribution is 2.41. The summed E-state index contributed by atoms with van der Waals surface area (Å²) in [5.41, 5.74) is -0.785. The first-order chi connectivity index (χ1) is 19.6. The molecule has 0 aromatic heterocycles. The molecule has 0 bridgehead atoms. The van der Waals surface area contributed by atoms with Crippen molar-refractivity contribution in [2.24, 2.45) is 16.7 Å². The van der Waals surface area contributed by atoms with Crippen molar-refractivity contribution in [1.29, 1.82) is 0 Å². The van der Waals surface area contributed by atoms with Gasteiger partial charge in [0.25, 0.3) is 5.91 Å². The zero-order chi connectivity index (χ0) is 29.8. The minimum absolute atomic E-state index is 0.0419. The molecule has 0 spiro atoms. The number of ether oxygens (including phenoxy) is 3. The molecule has 3 saturated carbocycles. The van der Waals surface area contributed by atoms with Crippen LogP contribution < -0.4 is 20.1 Å². The molecule has 3 fully saturated rings. The largest absolute Gasteiger partial charge is 0.496 e. The lowest BCUT2D eigenvalue weighted by atomic mass is 9.70. The molecular formula is C29H40FIN2O8. The van der Waals surface area contributed by atoms with Gasteiger partial charge in [0.05, 0.1) is 42.8 Å². The van der Waals surface area contributed by atoms with Gasteiger partial charge in [0.2, 0.25) is 5.91 Å². The van der Waals surface area contributed by atoms with Crippen LogP contribution in [-0.2, 0) is 17.4 Å². The number of aliphatic hydroxyl groups excluding tert-OH is 1. The van der Waals surface area contributed by atoms with E-state index in [2.05, 4.69) is 17.6 Å². The molecule has 41 heavy (non-hydrogen) atoms. The summed E-state index contributed by atoms with van der Waals surface area (Å²) in [5, 5.41) is 15.8. The van der Waals surface area contributed by atoms with Gasteiger partial charge >= 0.3 is 5.97 Å². The van der Waals surface area contributed by atoms with Crippen molar-refractivity contribution in [2.75, 3.05) is 27.4 Å². The summed E-state index contributed by atoms with van der Waals surface area (Å²) in [7, 11) is 2.94. The fourth-order valence-corrected chi connectivity index (χ4v) is 6.66. The van der Waals surface area contributed by atoms with E-state index < -0.39 is 41.2 Å². The topological polar surface area (TPSA) is 132 Å². The van der Waals surface area contributed by atoms with Crippen LogP contribution in [0.4, 0.5) is 4.39 Å². The van der Waals surface area contributed by atoms with Crippen molar-refractivity contribution in [3.63, 3.8) is 0 Å². The Morgan fingerprint density at radius 1 is 1.07 bits per heavy atom. The average Bonchev–Trinajstić information content (AvgIpc) is 3.38. The molecule has 3 aliphatic carbocycles. The van der Waals surface area contributed by atoms with Gasteiger partial charge in [0.15, 0.2) is 34.6 Å². The van der Waals surface area contributed by atoms with Gasteiger partial charge in [-0.25, -0.2) is 4.39 Å². The van der Waals surface area contributed by atoms with E-state index in [4.69, 9.17) is 17.3 Å². The van der Waals surface area contributed by atoms with E-state index in [9.17, 15) is 19.5 Å². The molecule has 0 heterocycles. The van der Waals surface area contributed by atoms with Crippen molar-refractivity contribution in [1.82, 2.24) is 10.6 Å². The van der Waals surface area contributed by atoms with Gasteiger partial charge in [-0.05, 0) is 62.8 Å². The zero-order valence-electron chi connectivity index (χ0n) is 23.8. The Morgan fingerprint density at radius 3 is 2.34 bits per heavy atom. The summed E-state index contributed by atoms with van der Waals surface area (Å²) < 4.78 is 36.6. The Labute approximate surface area is 254 Å². The van der Waals surface area contributed by atoms with Gasteiger partial charge in [-0.2, -0.15) is 0 Å². The summed E-state index contributed by atoms with van der Waals surface area (Å²) >= 11 is 1.51. The quantitative estimate of drug-likeness (QED) is 0.299. The predicted molar refractivity (Wildman–Crippen MR) is 155 cm³/mol. The van der Waals surface area contributed by atoms with Crippen LogP contribution in [-0.4, -0.2) is 68.5 Å². The van der Waals surface area contributed by atoms with Crippen LogP contribution in [0.2, 0.25) is 0 Å². The number of carbonyl (C=O) groups excluding carboxylic acids is 3. The fraction of sp³-hybridized carbons (Fsp3) is 0.690. The number of methoxy groups -OCH3 is 2. The van der Waals surface area contributed by atoms with Gasteiger partial charge in [0.1, 0.15) is 5.75 Å². The highest BCUT2D eigenvalue weighted by atomic mass is 127. The Morgan fingerprint density at radius 2 is 1.78 bits per heavy atom. The highest BCUT2D eigenvalue weighted by Gasteiger charge is 2.44. The normalized spacial score (nSPS) is 28.7. The van der Waals surface area contributed by atoms with Gasteiger partial charge in [0, 0.05) is 25.8 Å². The fourth-order valence-electron chi connectivity index (χ4n) is 6.19. The van der Waals surface area contributed by atoms with Crippen molar-refractivity contribution in [3.05, 3.63) is 23.5 Å². The molecule has 3 aliphatic rings. The third-order valence-corrected chi connectivity index (χ3v) is 9.64. The van der Waals surface area contributed by atoms with Gasteiger partial charge < -0.3 is 33.0 Å². The number of benzene rings is 1. The number of hydrogen-bond acceptors (Lipinski definition) is 8. The van der Waals surface area contributed by atoms with Crippen LogP contribution in [0.25, 0.3) is 0 Å². The lowest BCUT2D eigenvalue weighted by Gasteiger charge is -2.38. The molecule has 2 amide bonds. The number of hydrogen-bond donors (Lipinski definition) is 3. The van der Waals surface area contributed by atoms with E-state index in [0.29, 0.717) is 45.1 Å². The summed E-state index contributed by atoms with van der Waals surface area (Å²) in [6, 6.07) is 1.95. The molecule has 1 aromatic rings. The van der Waals surface area contributed by atoms with Crippen LogP contribution in [0.1, 0.15) is 75.1 Å². The summed E-state index contributed by atoms with van der Waals surface area (Å²) in [5.74, 6) is -2.33. The van der Waals surface area contributed by atoms with E-state index in [1.54, 1.807) is 7.11 Å². The number of aliphatic hydroxyl groups is 1. The Bertz CT molecular complexity index is 1120. The molecule has 0 radical (unpaired) electrons. The maximum Gasteiger partial charge on any atom is 0.323 e. The van der Waals surface area contributed by atoms with Crippen LogP contribution in [0.15, 0.2) is 12.1 Å². The number of amides is 2. The van der Waals surface area contributed by atoms with Crippen LogP contribution in [0.3, 0.4) is 0 Å². The zero-order valence-corrected chi connectivity index (χ0v) is 26.0. The van der Waals surface area contributed by atoms with Crippen molar-refractivity contribution < 1.29 is 41.2 Å². The number of nitrogens with one attached hydrogen (secondary N) is 2. The minimum Gasteiger partial charge on any atom is -0.496 e. The van der Waals surface area contributed by atoms with E-state index in [1.807, 2.05) is 0 Å². The third-order valence-electron chi connectivity index (χ3n) is 9.24. The first-order valence-electron chi connectivity index (χ1n) is 14.2. The summed E-state index contributed by atoms with van der Waals surface area (Å²) in [6.45, 7) is 2.43. The van der Waals surface area contributed by atoms with E-state index in [0.717, 1.165) is 18.9 Å². The average molecular weight is 691 g/mol. The van der Waals surface area contributed by atoms with Crippen LogP contribution in [0, 0.1) is 22.6 Å². The Balaban J connectivity index is 1.45. The molecule has 12 heteroatoms. The molecular weight excluding hydrogens is 650 g/mol. The Hall–Kier alpha value is -2.19. The molecule has 10 nitrogen and oxygen atoms in total. The summed E-state index contributed by atoms with van der Waals surface area (Å²) in [6.07, 6.45) is 5.15. The predicted octanol–water partition coefficient (Wildman–Crippen LogP) is 3.86. The van der Waals surface area contributed by atoms with Crippen LogP contribution in [0.5, 0.6) is 11.5 Å². The summed E-state index contributed by atoms with van der Waals surface area (Å²) in [4.78, 5) is 38.8. The monoisotopic (exact) mass is 690 g/mol. The smallest absolute Gasteiger partial charge is 0.323 e. The standard InChI is InChI=1S/C29H40FIN2O8/c1-28(7-4-8-28)15-32-25(35)19-11-18(38-2)12-22(19)33-26(36)20-13-24(21(30)14-23(20)39-3)40-17-5-9-29(16-34,10-6-17)27(37)41-31/h13-14,17-19,22,34H,4-12,15-16H2,1-3H3,(H,32,35)(H,33,36)/t17?,18-,19-,22+,29?/m0/s1. The van der Waals surface area contributed by atoms with Gasteiger partial charge in [-0.15, -0.1) is 0 Å². The first-order valence-corrected chi connectivity index (χ1v) is 15.0. The van der Waals surface area contributed by atoms with Gasteiger partial charge in [-0.1, -0.05) is 13.3 Å². The molecule has 3 N–H and O–H groups in total. The second kappa shape index (κ2) is 13.4. The van der Waals surface area contributed by atoms with Crippen LogP contribution >= 0.6 is 23.0 Å². The van der Waals surface area contributed by atoms with Crippen molar-refractivity contribution >= 4 is 40.8 Å². The highest BCUT2D eigenvalue weighted by molar-refractivity contribution is 14.1. The second-order valence-electron chi connectivity index (χ2n) is 12.0. The second-order valence-corrected chi connectivity index (χ2v) is 12.4. The van der Waals surface area contributed by atoms with Crippen molar-refractivity contribution in [2.45, 2.75) is 83.0 Å². The maximum absolute atomic E-state index is 15.0. The van der Waals surface area contributed by atoms with E-state index >= 15 is 4.39 Å². The van der Waals surface area contributed by atoms with Gasteiger partial charge in [-0.3, -0.25) is 14.4 Å².